The van der Waals surface area contributed by atoms with E-state index in [-0.39, 0.29) is 11.9 Å². The summed E-state index contributed by atoms with van der Waals surface area (Å²) in [5.74, 6) is -0.124. The van der Waals surface area contributed by atoms with Crippen molar-refractivity contribution >= 4 is 15.9 Å². The Balaban J connectivity index is 2.64. The lowest BCUT2D eigenvalue weighted by atomic mass is 10.1. The maximum atomic E-state index is 13.2. The third kappa shape index (κ3) is 1.08. The predicted molar refractivity (Wildman–Crippen MR) is 49.3 cm³/mol. The number of rotatable bonds is 0. The maximum absolute atomic E-state index is 13.2. The van der Waals surface area contributed by atoms with Gasteiger partial charge in [-0.2, -0.15) is 0 Å². The second-order valence-electron chi connectivity index (χ2n) is 3.07. The van der Waals surface area contributed by atoms with Crippen molar-refractivity contribution in [3.05, 3.63) is 33.5 Å². The van der Waals surface area contributed by atoms with E-state index in [1.165, 1.54) is 6.07 Å². The molecule has 0 fully saturated rings. The molecule has 1 atom stereocenters. The van der Waals surface area contributed by atoms with E-state index in [1.807, 2.05) is 0 Å². The van der Waals surface area contributed by atoms with Crippen LogP contribution in [0.1, 0.15) is 23.6 Å². The fraction of sp³-hybridized carbons (Fsp3) is 0.333. The first-order chi connectivity index (χ1) is 5.70. The fourth-order valence-electron chi connectivity index (χ4n) is 1.71. The van der Waals surface area contributed by atoms with Crippen LogP contribution in [0.2, 0.25) is 0 Å². The average molecular weight is 230 g/mol. The Labute approximate surface area is 78.9 Å². The number of hydrogen-bond acceptors (Lipinski definition) is 1. The van der Waals surface area contributed by atoms with Crippen LogP contribution in [-0.4, -0.2) is 0 Å². The molecule has 1 aromatic carbocycles. The van der Waals surface area contributed by atoms with Gasteiger partial charge in [-0.1, -0.05) is 15.9 Å². The largest absolute Gasteiger partial charge is 0.324 e. The zero-order valence-corrected chi connectivity index (χ0v) is 8.07. The van der Waals surface area contributed by atoms with Gasteiger partial charge in [0.05, 0.1) is 0 Å². The lowest BCUT2D eigenvalue weighted by Crippen LogP contribution is -2.06. The minimum Gasteiger partial charge on any atom is -0.324 e. The summed E-state index contributed by atoms with van der Waals surface area (Å²) in [7, 11) is 0. The highest BCUT2D eigenvalue weighted by Crippen LogP contribution is 2.36. The highest BCUT2D eigenvalue weighted by molar-refractivity contribution is 9.10. The Kier molecular flexibility index (Phi) is 1.93. The lowest BCUT2D eigenvalue weighted by molar-refractivity contribution is 0.612. The predicted octanol–water partition coefficient (Wildman–Crippen LogP) is 2.53. The van der Waals surface area contributed by atoms with Gasteiger partial charge in [-0.25, -0.2) is 4.39 Å². The summed E-state index contributed by atoms with van der Waals surface area (Å²) in [6, 6.07) is 3.21. The molecule has 0 spiro atoms. The van der Waals surface area contributed by atoms with Gasteiger partial charge in [-0.3, -0.25) is 0 Å². The van der Waals surface area contributed by atoms with Crippen LogP contribution in [0.3, 0.4) is 0 Å². The third-order valence-corrected chi connectivity index (χ3v) is 3.01. The first-order valence-corrected chi connectivity index (χ1v) is 4.72. The van der Waals surface area contributed by atoms with Crippen molar-refractivity contribution in [3.63, 3.8) is 0 Å². The van der Waals surface area contributed by atoms with Gasteiger partial charge in [0, 0.05) is 10.5 Å². The van der Waals surface area contributed by atoms with Crippen molar-refractivity contribution in [3.8, 4) is 0 Å². The number of fused-ring (bicyclic) bond motifs is 1. The summed E-state index contributed by atoms with van der Waals surface area (Å²) in [4.78, 5) is 0. The van der Waals surface area contributed by atoms with E-state index in [0.29, 0.717) is 0 Å². The Bertz CT molecular complexity index is 325. The number of benzene rings is 1. The Morgan fingerprint density at radius 3 is 2.92 bits per heavy atom. The van der Waals surface area contributed by atoms with Gasteiger partial charge in [-0.15, -0.1) is 0 Å². The molecule has 0 saturated heterocycles. The number of hydrogen-bond donors (Lipinski definition) is 1. The molecule has 1 nitrogen and oxygen atoms in total. The standard InChI is InChI=1S/C9H9BrFN/c10-6-2-3-7(11)5-1-4-8(12)9(5)6/h2-3,8H,1,4,12H2/t8-/m1/s1. The quantitative estimate of drug-likeness (QED) is 0.728. The Morgan fingerprint density at radius 1 is 1.50 bits per heavy atom. The highest BCUT2D eigenvalue weighted by Gasteiger charge is 2.24. The van der Waals surface area contributed by atoms with Gasteiger partial charge >= 0.3 is 0 Å². The Hall–Kier alpha value is -0.410. The summed E-state index contributed by atoms with van der Waals surface area (Å²) in [5, 5.41) is 0. The molecule has 2 N–H and O–H groups in total. The number of halogens is 2. The van der Waals surface area contributed by atoms with E-state index in [0.717, 1.165) is 28.4 Å². The highest BCUT2D eigenvalue weighted by atomic mass is 79.9. The van der Waals surface area contributed by atoms with Crippen molar-refractivity contribution in [2.24, 2.45) is 5.73 Å². The van der Waals surface area contributed by atoms with Crippen LogP contribution in [-0.2, 0) is 6.42 Å². The van der Waals surface area contributed by atoms with Crippen LogP contribution in [0.25, 0.3) is 0 Å². The van der Waals surface area contributed by atoms with E-state index < -0.39 is 0 Å². The summed E-state index contributed by atoms with van der Waals surface area (Å²) in [6.45, 7) is 0. The van der Waals surface area contributed by atoms with Gasteiger partial charge in [-0.05, 0) is 36.1 Å². The minimum absolute atomic E-state index is 0.00470. The zero-order valence-electron chi connectivity index (χ0n) is 6.48. The molecular weight excluding hydrogens is 221 g/mol. The fourth-order valence-corrected chi connectivity index (χ4v) is 2.37. The van der Waals surface area contributed by atoms with E-state index >= 15 is 0 Å². The van der Waals surface area contributed by atoms with Crippen molar-refractivity contribution in [2.45, 2.75) is 18.9 Å². The van der Waals surface area contributed by atoms with Crippen LogP contribution in [0, 0.1) is 5.82 Å². The smallest absolute Gasteiger partial charge is 0.126 e. The molecule has 0 unspecified atom stereocenters. The third-order valence-electron chi connectivity index (χ3n) is 2.32. The second kappa shape index (κ2) is 2.82. The minimum atomic E-state index is -0.124. The molecule has 0 aliphatic heterocycles. The molecule has 0 saturated carbocycles. The van der Waals surface area contributed by atoms with Crippen LogP contribution in [0.15, 0.2) is 16.6 Å². The molecule has 0 amide bonds. The van der Waals surface area contributed by atoms with Gasteiger partial charge in [0.2, 0.25) is 0 Å². The Morgan fingerprint density at radius 2 is 2.25 bits per heavy atom. The topological polar surface area (TPSA) is 26.0 Å². The van der Waals surface area contributed by atoms with Crippen LogP contribution >= 0.6 is 15.9 Å². The number of nitrogens with two attached hydrogens (primary N) is 1. The summed E-state index contributed by atoms with van der Waals surface area (Å²) in [5.41, 5.74) is 7.56. The normalized spacial score (nSPS) is 21.1. The first kappa shape index (κ1) is 8.20. The maximum Gasteiger partial charge on any atom is 0.126 e. The molecule has 0 aromatic heterocycles. The van der Waals surface area contributed by atoms with Crippen molar-refractivity contribution in [2.75, 3.05) is 0 Å². The van der Waals surface area contributed by atoms with Crippen LogP contribution in [0.5, 0.6) is 0 Å². The molecule has 3 heteroatoms. The summed E-state index contributed by atoms with van der Waals surface area (Å²) >= 11 is 3.38. The average Bonchev–Trinajstić information content (AvgIpc) is 2.42. The molecule has 12 heavy (non-hydrogen) atoms. The summed E-state index contributed by atoms with van der Waals surface area (Å²) in [6.07, 6.45) is 1.62. The molecule has 0 heterocycles. The van der Waals surface area contributed by atoms with Crippen LogP contribution in [0.4, 0.5) is 4.39 Å². The van der Waals surface area contributed by atoms with E-state index in [2.05, 4.69) is 15.9 Å². The van der Waals surface area contributed by atoms with Gasteiger partial charge in [0.1, 0.15) is 5.82 Å². The molecule has 0 bridgehead atoms. The van der Waals surface area contributed by atoms with Crippen molar-refractivity contribution < 1.29 is 4.39 Å². The monoisotopic (exact) mass is 229 g/mol. The van der Waals surface area contributed by atoms with Crippen molar-refractivity contribution in [1.29, 1.82) is 0 Å². The van der Waals surface area contributed by atoms with Crippen molar-refractivity contribution in [1.82, 2.24) is 0 Å². The van der Waals surface area contributed by atoms with Gasteiger partial charge < -0.3 is 5.73 Å². The first-order valence-electron chi connectivity index (χ1n) is 3.92. The van der Waals surface area contributed by atoms with Crippen LogP contribution < -0.4 is 5.73 Å². The molecule has 1 aliphatic rings. The molecule has 2 rings (SSSR count). The van der Waals surface area contributed by atoms with Gasteiger partial charge in [0.15, 0.2) is 0 Å². The molecule has 0 radical (unpaired) electrons. The molecule has 64 valence electrons. The lowest BCUT2D eigenvalue weighted by Gasteiger charge is -2.07. The second-order valence-corrected chi connectivity index (χ2v) is 3.92. The molecule has 1 aromatic rings. The SMILES string of the molecule is N[C@@H]1CCc2c(F)ccc(Br)c21. The van der Waals surface area contributed by atoms with E-state index in [1.54, 1.807) is 6.07 Å². The van der Waals surface area contributed by atoms with E-state index in [4.69, 9.17) is 5.73 Å². The van der Waals surface area contributed by atoms with E-state index in [9.17, 15) is 4.39 Å². The molecule has 1 aliphatic carbocycles. The zero-order chi connectivity index (χ0) is 8.72. The van der Waals surface area contributed by atoms with Gasteiger partial charge in [0.25, 0.3) is 0 Å². The summed E-state index contributed by atoms with van der Waals surface area (Å²) < 4.78 is 14.1. The molecular formula is C9H9BrFN.